The number of anilines is 1. The molecule has 3 N–H and O–H groups in total. The Balaban J connectivity index is 1.26. The van der Waals surface area contributed by atoms with Crippen LogP contribution in [0, 0.1) is 15.5 Å². The van der Waals surface area contributed by atoms with Gasteiger partial charge in [0, 0.05) is 67.0 Å². The third-order valence-corrected chi connectivity index (χ3v) is 12.3. The molecule has 0 saturated carbocycles. The summed E-state index contributed by atoms with van der Waals surface area (Å²) in [6, 6.07) is 23.0. The first kappa shape index (κ1) is 36.2. The Hall–Kier alpha value is -5.17. The molecule has 1 fully saturated rings. The van der Waals surface area contributed by atoms with E-state index in [0.29, 0.717) is 36.9 Å². The minimum Gasteiger partial charge on any atom is -0.455 e. The minimum absolute atomic E-state index is 0.132. The Labute approximate surface area is 313 Å². The van der Waals surface area contributed by atoms with Crippen molar-refractivity contribution >= 4 is 55.2 Å². The first-order valence-corrected chi connectivity index (χ1v) is 19.3. The predicted octanol–water partition coefficient (Wildman–Crippen LogP) is 8.24. The number of aromatic nitrogens is 1. The number of nitro benzene ring substituents is 1. The van der Waals surface area contributed by atoms with Crippen LogP contribution in [-0.4, -0.2) is 61.9 Å². The number of nitrogens with zero attached hydrogens (tertiary/aromatic N) is 3. The summed E-state index contributed by atoms with van der Waals surface area (Å²) in [6.45, 7) is 7.66. The largest absolute Gasteiger partial charge is 0.455 e. The maximum Gasteiger partial charge on any atom is 0.270 e. The molecule has 11 nitrogen and oxygen atoms in total. The maximum atomic E-state index is 14.7. The number of benzene rings is 4. The summed E-state index contributed by atoms with van der Waals surface area (Å²) in [5, 5.41) is 13.2. The number of fused-ring (bicyclic) bond motifs is 1. The highest BCUT2D eigenvalue weighted by Crippen LogP contribution is 2.45. The van der Waals surface area contributed by atoms with Gasteiger partial charge in [-0.05, 0) is 90.4 Å². The van der Waals surface area contributed by atoms with Crippen molar-refractivity contribution in [3.8, 4) is 11.5 Å². The second-order valence-electron chi connectivity index (χ2n) is 14.4. The summed E-state index contributed by atoms with van der Waals surface area (Å²) in [6.07, 6.45) is 4.81. The number of ether oxygens (including phenoxy) is 1. The van der Waals surface area contributed by atoms with Crippen LogP contribution in [0.1, 0.15) is 49.0 Å². The summed E-state index contributed by atoms with van der Waals surface area (Å²) in [7, 11) is -4.52. The predicted molar refractivity (Wildman–Crippen MR) is 207 cm³/mol. The van der Waals surface area contributed by atoms with Crippen LogP contribution in [0.5, 0.6) is 11.5 Å². The monoisotopic (exact) mass is 753 g/mol. The zero-order chi connectivity index (χ0) is 37.5. The number of rotatable bonds is 10. The van der Waals surface area contributed by atoms with Crippen LogP contribution < -0.4 is 15.4 Å². The number of carbonyl (C=O) groups is 1. The van der Waals surface area contributed by atoms with Gasteiger partial charge in [-0.2, -0.15) is 0 Å². The molecule has 1 aromatic heterocycles. The van der Waals surface area contributed by atoms with Crippen molar-refractivity contribution in [3.05, 3.63) is 123 Å². The molecular formula is C40H40ClN5O6S. The molecule has 2 heterocycles. The van der Waals surface area contributed by atoms with Gasteiger partial charge in [-0.15, -0.1) is 0 Å². The number of piperazine rings is 1. The molecule has 0 bridgehead atoms. The molecule has 0 radical (unpaired) electrons. The summed E-state index contributed by atoms with van der Waals surface area (Å²) in [5.41, 5.74) is 10.6. The Bertz CT molecular complexity index is 2360. The molecule has 0 atom stereocenters. The fourth-order valence-corrected chi connectivity index (χ4v) is 9.10. The molecule has 7 rings (SSSR count). The molecule has 2 aliphatic rings. The summed E-state index contributed by atoms with van der Waals surface area (Å²) >= 11 is 6.22. The Morgan fingerprint density at radius 2 is 1.75 bits per heavy atom. The lowest BCUT2D eigenvalue weighted by atomic mass is 9.72. The smallest absolute Gasteiger partial charge is 0.270 e. The third kappa shape index (κ3) is 7.53. The number of nitrogens with one attached hydrogen (secondary N) is 1. The van der Waals surface area contributed by atoms with Crippen molar-refractivity contribution in [1.82, 2.24) is 9.88 Å². The van der Waals surface area contributed by atoms with Gasteiger partial charge in [-0.1, -0.05) is 49.2 Å². The van der Waals surface area contributed by atoms with Crippen LogP contribution in [0.2, 0.25) is 5.02 Å². The number of carbonyl (C=O) groups excluding carboxylic acids is 1. The van der Waals surface area contributed by atoms with Crippen molar-refractivity contribution in [3.63, 3.8) is 0 Å². The zero-order valence-electron chi connectivity index (χ0n) is 29.5. The third-order valence-electron chi connectivity index (χ3n) is 10.2. The average molecular weight is 754 g/mol. The van der Waals surface area contributed by atoms with Gasteiger partial charge in [0.1, 0.15) is 10.6 Å². The Kier molecular flexibility index (Phi) is 9.79. The zero-order valence-corrected chi connectivity index (χ0v) is 31.0. The van der Waals surface area contributed by atoms with Crippen LogP contribution in [0.15, 0.2) is 106 Å². The fraction of sp³-hybridized carbons (Fsp3) is 0.275. The van der Waals surface area contributed by atoms with Crippen molar-refractivity contribution in [2.24, 2.45) is 11.1 Å². The van der Waals surface area contributed by atoms with Gasteiger partial charge in [0.25, 0.3) is 11.6 Å². The van der Waals surface area contributed by atoms with Gasteiger partial charge >= 0.3 is 0 Å². The number of hydrogen-bond acceptors (Lipinski definition) is 8. The number of H-pyrrole nitrogens is 1. The van der Waals surface area contributed by atoms with E-state index in [1.54, 1.807) is 30.5 Å². The van der Waals surface area contributed by atoms with Crippen molar-refractivity contribution in [2.75, 3.05) is 37.6 Å². The standard InChI is InChI=1S/C40H40ClN5O6S/c1-40(2)16-14-28(34(24-40)26-6-8-29(41)9-7-26)25-44-18-20-45(21-19-44)36-13-11-33(39(42)47)37(52-31-10-12-35-27(22-31)15-17-43-35)38(36)53(50,51)32-5-3-4-30(23-32)46(48)49/h3-13,15,17,22-23,43H,14,16,18-21,24-25H2,1-2H3,(H2,42,47). The topological polar surface area (TPSA) is 152 Å². The quantitative estimate of drug-likeness (QED) is 0.107. The molecule has 53 heavy (non-hydrogen) atoms. The number of aromatic amines is 1. The molecule has 0 unspecified atom stereocenters. The highest BCUT2D eigenvalue weighted by Gasteiger charge is 2.35. The molecule has 1 aliphatic heterocycles. The van der Waals surface area contributed by atoms with Gasteiger partial charge in [-0.25, -0.2) is 8.42 Å². The highest BCUT2D eigenvalue weighted by molar-refractivity contribution is 7.91. The average Bonchev–Trinajstić information content (AvgIpc) is 3.61. The second kappa shape index (κ2) is 14.3. The number of halogens is 1. The van der Waals surface area contributed by atoms with Crippen molar-refractivity contribution in [2.45, 2.75) is 42.9 Å². The van der Waals surface area contributed by atoms with Crippen molar-refractivity contribution < 1.29 is 22.9 Å². The van der Waals surface area contributed by atoms with Crippen molar-refractivity contribution in [1.29, 1.82) is 0 Å². The van der Waals surface area contributed by atoms with E-state index < -0.39 is 20.7 Å². The normalized spacial score (nSPS) is 16.5. The fourth-order valence-electron chi connectivity index (χ4n) is 7.33. The first-order valence-electron chi connectivity index (χ1n) is 17.4. The molecule has 4 aromatic carbocycles. The van der Waals surface area contributed by atoms with Gasteiger partial charge in [0.2, 0.25) is 9.84 Å². The van der Waals surface area contributed by atoms with E-state index >= 15 is 0 Å². The van der Waals surface area contributed by atoms with Crippen LogP contribution in [-0.2, 0) is 9.84 Å². The Morgan fingerprint density at radius 1 is 1.00 bits per heavy atom. The van der Waals surface area contributed by atoms with Gasteiger partial charge in [0.15, 0.2) is 5.75 Å². The number of allylic oxidation sites excluding steroid dienone is 1. The molecule has 274 valence electrons. The molecular weight excluding hydrogens is 714 g/mol. The van der Waals surface area contributed by atoms with Gasteiger partial charge < -0.3 is 20.4 Å². The second-order valence-corrected chi connectivity index (χ2v) is 16.8. The highest BCUT2D eigenvalue weighted by atomic mass is 35.5. The number of primary amides is 1. The molecule has 1 saturated heterocycles. The lowest BCUT2D eigenvalue weighted by molar-refractivity contribution is -0.385. The summed E-state index contributed by atoms with van der Waals surface area (Å²) < 4.78 is 35.7. The Morgan fingerprint density at radius 3 is 2.47 bits per heavy atom. The molecule has 13 heteroatoms. The molecule has 1 aliphatic carbocycles. The first-order chi connectivity index (χ1) is 25.3. The van der Waals surface area contributed by atoms with E-state index in [9.17, 15) is 23.3 Å². The minimum atomic E-state index is -4.52. The molecule has 5 aromatic rings. The lowest BCUT2D eigenvalue weighted by Crippen LogP contribution is -2.47. The number of nitro groups is 1. The maximum absolute atomic E-state index is 14.7. The van der Waals surface area contributed by atoms with Gasteiger partial charge in [0.05, 0.1) is 21.1 Å². The molecule has 1 amide bonds. The van der Waals surface area contributed by atoms with Crippen LogP contribution in [0.3, 0.4) is 0 Å². The SMILES string of the molecule is CC1(C)CCC(CN2CCN(c3ccc(C(N)=O)c(Oc4ccc5[nH]ccc5c4)c3S(=O)(=O)c3cccc([N+](=O)[O-])c3)CC2)=C(c2ccc(Cl)cc2)C1. The number of nitrogens with two attached hydrogens (primary N) is 1. The molecule has 0 spiro atoms. The number of hydrogen-bond donors (Lipinski definition) is 2. The van der Waals surface area contributed by atoms with E-state index in [1.165, 1.54) is 41.0 Å². The summed E-state index contributed by atoms with van der Waals surface area (Å²) in [4.78, 5) is 30.8. The van der Waals surface area contributed by atoms with Crippen LogP contribution >= 0.6 is 11.6 Å². The summed E-state index contributed by atoms with van der Waals surface area (Å²) in [5.74, 6) is -0.825. The number of sulfone groups is 1. The van der Waals surface area contributed by atoms with Crippen LogP contribution in [0.25, 0.3) is 16.5 Å². The number of amides is 1. The number of non-ortho nitro benzene ring substituents is 1. The van der Waals surface area contributed by atoms with Crippen LogP contribution in [0.4, 0.5) is 11.4 Å². The van der Waals surface area contributed by atoms with E-state index in [0.717, 1.165) is 42.8 Å². The van der Waals surface area contributed by atoms with E-state index in [1.807, 2.05) is 23.1 Å². The van der Waals surface area contributed by atoms with E-state index in [-0.39, 0.29) is 38.0 Å². The van der Waals surface area contributed by atoms with E-state index in [2.05, 4.69) is 35.9 Å². The van der Waals surface area contributed by atoms with E-state index in [4.69, 9.17) is 22.1 Å². The van der Waals surface area contributed by atoms with Gasteiger partial charge in [-0.3, -0.25) is 19.8 Å². The lowest BCUT2D eigenvalue weighted by Gasteiger charge is -2.40.